The lowest BCUT2D eigenvalue weighted by Crippen LogP contribution is -2.43. The van der Waals surface area contributed by atoms with Gasteiger partial charge in [-0.2, -0.15) is 0 Å². The van der Waals surface area contributed by atoms with Crippen LogP contribution in [-0.2, 0) is 9.59 Å². The molecule has 1 aliphatic heterocycles. The highest BCUT2D eigenvalue weighted by Crippen LogP contribution is 2.23. The van der Waals surface area contributed by atoms with E-state index in [1.54, 1.807) is 4.90 Å². The van der Waals surface area contributed by atoms with Gasteiger partial charge in [0, 0.05) is 24.7 Å². The van der Waals surface area contributed by atoms with Gasteiger partial charge in [0.25, 0.3) is 5.91 Å². The first-order chi connectivity index (χ1) is 13.4. The lowest BCUT2D eigenvalue weighted by atomic mass is 9.95. The zero-order valence-corrected chi connectivity index (χ0v) is 16.8. The number of rotatable bonds is 5. The molecule has 0 saturated carbocycles. The van der Waals surface area contributed by atoms with Crippen LogP contribution in [-0.4, -0.2) is 36.4 Å². The monoisotopic (exact) mass is 380 g/mol. The lowest BCUT2D eigenvalue weighted by molar-refractivity contribution is -0.136. The Hall–Kier alpha value is -2.82. The van der Waals surface area contributed by atoms with Crippen molar-refractivity contribution in [3.8, 4) is 5.75 Å². The molecule has 2 aromatic carbocycles. The second-order valence-corrected chi connectivity index (χ2v) is 7.49. The average molecular weight is 380 g/mol. The van der Waals surface area contributed by atoms with Crippen molar-refractivity contribution in [1.82, 2.24) is 4.90 Å². The standard InChI is InChI=1S/C23H28N2O3/c1-16-7-9-20(10-8-16)28-15-22(26)25-13-11-19(12-14-25)23(27)24-21-6-4-5-17(2)18(21)3/h4-10,19H,11-15H2,1-3H3,(H,24,27). The third-order valence-electron chi connectivity index (χ3n) is 5.46. The van der Waals surface area contributed by atoms with Crippen LogP contribution in [0.5, 0.6) is 5.75 Å². The molecule has 1 aliphatic rings. The zero-order valence-electron chi connectivity index (χ0n) is 16.8. The molecule has 0 atom stereocenters. The molecule has 1 saturated heterocycles. The summed E-state index contributed by atoms with van der Waals surface area (Å²) in [5.74, 6) is 0.634. The van der Waals surface area contributed by atoms with Crippen LogP contribution >= 0.6 is 0 Å². The molecule has 28 heavy (non-hydrogen) atoms. The molecule has 148 valence electrons. The highest BCUT2D eigenvalue weighted by atomic mass is 16.5. The van der Waals surface area contributed by atoms with Crippen molar-refractivity contribution < 1.29 is 14.3 Å². The number of hydrogen-bond acceptors (Lipinski definition) is 3. The normalized spacial score (nSPS) is 14.6. The molecule has 0 aliphatic carbocycles. The van der Waals surface area contributed by atoms with Crippen molar-refractivity contribution in [3.63, 3.8) is 0 Å². The summed E-state index contributed by atoms with van der Waals surface area (Å²) in [4.78, 5) is 26.8. The molecular weight excluding hydrogens is 352 g/mol. The molecule has 0 unspecified atom stereocenters. The predicted molar refractivity (Wildman–Crippen MR) is 111 cm³/mol. The van der Waals surface area contributed by atoms with E-state index in [0.717, 1.165) is 22.4 Å². The van der Waals surface area contributed by atoms with E-state index in [2.05, 4.69) is 5.32 Å². The summed E-state index contributed by atoms with van der Waals surface area (Å²) in [7, 11) is 0. The van der Waals surface area contributed by atoms with Gasteiger partial charge in [0.2, 0.25) is 5.91 Å². The Labute approximate surface area is 166 Å². The van der Waals surface area contributed by atoms with Crippen molar-refractivity contribution in [2.24, 2.45) is 5.92 Å². The van der Waals surface area contributed by atoms with Crippen LogP contribution in [0.3, 0.4) is 0 Å². The topological polar surface area (TPSA) is 58.6 Å². The first-order valence-electron chi connectivity index (χ1n) is 9.78. The van der Waals surface area contributed by atoms with E-state index in [-0.39, 0.29) is 24.3 Å². The maximum atomic E-state index is 12.6. The molecule has 0 spiro atoms. The average Bonchev–Trinajstić information content (AvgIpc) is 2.71. The number of piperidine rings is 1. The van der Waals surface area contributed by atoms with Crippen LogP contribution in [0.4, 0.5) is 5.69 Å². The first-order valence-corrected chi connectivity index (χ1v) is 9.78. The maximum Gasteiger partial charge on any atom is 0.260 e. The molecule has 1 fully saturated rings. The van der Waals surface area contributed by atoms with Crippen molar-refractivity contribution in [3.05, 3.63) is 59.2 Å². The molecule has 5 heteroatoms. The Kier molecular flexibility index (Phi) is 6.34. The first kappa shape index (κ1) is 19.9. The highest BCUT2D eigenvalue weighted by Gasteiger charge is 2.27. The van der Waals surface area contributed by atoms with E-state index in [0.29, 0.717) is 31.7 Å². The van der Waals surface area contributed by atoms with Gasteiger partial charge in [-0.1, -0.05) is 29.8 Å². The minimum Gasteiger partial charge on any atom is -0.484 e. The van der Waals surface area contributed by atoms with E-state index >= 15 is 0 Å². The number of likely N-dealkylation sites (tertiary alicyclic amines) is 1. The van der Waals surface area contributed by atoms with Crippen molar-refractivity contribution in [2.45, 2.75) is 33.6 Å². The Morgan fingerprint density at radius 3 is 2.39 bits per heavy atom. The smallest absolute Gasteiger partial charge is 0.260 e. The fraction of sp³-hybridized carbons (Fsp3) is 0.391. The summed E-state index contributed by atoms with van der Waals surface area (Å²) in [6.45, 7) is 7.26. The number of carbonyl (C=O) groups is 2. The van der Waals surface area contributed by atoms with E-state index in [4.69, 9.17) is 4.74 Å². The summed E-state index contributed by atoms with van der Waals surface area (Å²) >= 11 is 0. The van der Waals surface area contributed by atoms with Gasteiger partial charge in [0.15, 0.2) is 6.61 Å². The third kappa shape index (κ3) is 4.91. The number of amides is 2. The molecule has 0 bridgehead atoms. The van der Waals surface area contributed by atoms with E-state index in [9.17, 15) is 9.59 Å². The van der Waals surface area contributed by atoms with Gasteiger partial charge in [0.05, 0.1) is 0 Å². The highest BCUT2D eigenvalue weighted by molar-refractivity contribution is 5.93. The zero-order chi connectivity index (χ0) is 20.1. The Bertz CT molecular complexity index is 837. The number of carbonyl (C=O) groups excluding carboxylic acids is 2. The number of ether oxygens (including phenoxy) is 1. The van der Waals surface area contributed by atoms with Gasteiger partial charge >= 0.3 is 0 Å². The SMILES string of the molecule is Cc1ccc(OCC(=O)N2CCC(C(=O)Nc3cccc(C)c3C)CC2)cc1. The minimum absolute atomic E-state index is 0.0302. The third-order valence-corrected chi connectivity index (χ3v) is 5.46. The second kappa shape index (κ2) is 8.91. The quantitative estimate of drug-likeness (QED) is 0.857. The maximum absolute atomic E-state index is 12.6. The summed E-state index contributed by atoms with van der Waals surface area (Å²) in [5, 5.41) is 3.05. The molecular formula is C23H28N2O3. The number of nitrogens with one attached hydrogen (secondary N) is 1. The second-order valence-electron chi connectivity index (χ2n) is 7.49. The summed E-state index contributed by atoms with van der Waals surface area (Å²) in [6.07, 6.45) is 1.35. The molecule has 1 heterocycles. The van der Waals surface area contributed by atoms with Crippen LogP contribution in [0.15, 0.2) is 42.5 Å². The van der Waals surface area contributed by atoms with Crippen LogP contribution in [0.2, 0.25) is 0 Å². The predicted octanol–water partition coefficient (Wildman–Crippen LogP) is 3.87. The number of nitrogens with zero attached hydrogens (tertiary/aromatic N) is 1. The number of hydrogen-bond donors (Lipinski definition) is 1. The van der Waals surface area contributed by atoms with Crippen molar-refractivity contribution in [2.75, 3.05) is 25.0 Å². The molecule has 3 rings (SSSR count). The lowest BCUT2D eigenvalue weighted by Gasteiger charge is -2.31. The van der Waals surface area contributed by atoms with E-state index in [1.165, 1.54) is 0 Å². The number of anilines is 1. The Morgan fingerprint density at radius 2 is 1.71 bits per heavy atom. The summed E-state index contributed by atoms with van der Waals surface area (Å²) in [5.41, 5.74) is 4.28. The minimum atomic E-state index is -0.0676. The fourth-order valence-corrected chi connectivity index (χ4v) is 3.38. The van der Waals surface area contributed by atoms with Crippen LogP contribution in [0.25, 0.3) is 0 Å². The van der Waals surface area contributed by atoms with Crippen LogP contribution in [0, 0.1) is 26.7 Å². The van der Waals surface area contributed by atoms with Gasteiger partial charge in [-0.15, -0.1) is 0 Å². The van der Waals surface area contributed by atoms with Crippen molar-refractivity contribution in [1.29, 1.82) is 0 Å². The molecule has 0 aromatic heterocycles. The molecule has 1 N–H and O–H groups in total. The van der Waals surface area contributed by atoms with E-state index in [1.807, 2.05) is 63.2 Å². The van der Waals surface area contributed by atoms with Gasteiger partial charge < -0.3 is 15.0 Å². The van der Waals surface area contributed by atoms with E-state index < -0.39 is 0 Å². The Morgan fingerprint density at radius 1 is 1.04 bits per heavy atom. The van der Waals surface area contributed by atoms with Crippen LogP contribution < -0.4 is 10.1 Å². The van der Waals surface area contributed by atoms with Gasteiger partial charge in [-0.05, 0) is 62.9 Å². The van der Waals surface area contributed by atoms with Gasteiger partial charge in [0.1, 0.15) is 5.75 Å². The molecule has 2 amide bonds. The van der Waals surface area contributed by atoms with Crippen molar-refractivity contribution >= 4 is 17.5 Å². The molecule has 5 nitrogen and oxygen atoms in total. The van der Waals surface area contributed by atoms with Gasteiger partial charge in [-0.25, -0.2) is 0 Å². The fourth-order valence-electron chi connectivity index (χ4n) is 3.38. The Balaban J connectivity index is 1.46. The number of benzene rings is 2. The molecule has 0 radical (unpaired) electrons. The summed E-state index contributed by atoms with van der Waals surface area (Å²) < 4.78 is 5.58. The number of aryl methyl sites for hydroxylation is 2. The largest absolute Gasteiger partial charge is 0.484 e. The summed E-state index contributed by atoms with van der Waals surface area (Å²) in [6, 6.07) is 13.6. The van der Waals surface area contributed by atoms with Gasteiger partial charge in [-0.3, -0.25) is 9.59 Å². The molecule has 2 aromatic rings. The van der Waals surface area contributed by atoms with Crippen LogP contribution in [0.1, 0.15) is 29.5 Å².